The Hall–Kier alpha value is -5.57. The smallest absolute Gasteiger partial charge is 0.343 e. The first kappa shape index (κ1) is 29.2. The number of Topliss-reactive ketones (excluding diaryl/α,β-unsaturated/α-hetero) is 1. The number of amides is 2. The fourth-order valence-corrected chi connectivity index (χ4v) is 7.09. The molecule has 2 bridgehead atoms. The highest BCUT2D eigenvalue weighted by Crippen LogP contribution is 2.60. The molecule has 0 saturated carbocycles. The molecule has 46 heavy (non-hydrogen) atoms. The molecule has 1 aliphatic heterocycles. The molecule has 230 valence electrons. The van der Waals surface area contributed by atoms with Gasteiger partial charge < -0.3 is 14.2 Å². The van der Waals surface area contributed by atoms with Crippen LogP contribution in [0.1, 0.15) is 61.2 Å². The molecule has 4 aromatic rings. The van der Waals surface area contributed by atoms with Gasteiger partial charge in [0.15, 0.2) is 12.4 Å². The van der Waals surface area contributed by atoms with E-state index in [0.717, 1.165) is 22.3 Å². The van der Waals surface area contributed by atoms with Crippen LogP contribution in [0.5, 0.6) is 11.5 Å². The van der Waals surface area contributed by atoms with Crippen LogP contribution in [0.15, 0.2) is 97.1 Å². The average Bonchev–Trinajstić information content (AvgIpc) is 3.35. The van der Waals surface area contributed by atoms with E-state index in [1.54, 1.807) is 24.3 Å². The molecule has 1 fully saturated rings. The molecule has 0 spiro atoms. The summed E-state index contributed by atoms with van der Waals surface area (Å²) in [5, 5.41) is 0. The summed E-state index contributed by atoms with van der Waals surface area (Å²) in [6.45, 7) is -0.624. The summed E-state index contributed by atoms with van der Waals surface area (Å²) in [5.74, 6) is -2.98. The van der Waals surface area contributed by atoms with Crippen molar-refractivity contribution < 1.29 is 38.2 Å². The lowest BCUT2D eigenvalue weighted by Crippen LogP contribution is -2.41. The third kappa shape index (κ3) is 4.94. The summed E-state index contributed by atoms with van der Waals surface area (Å²) >= 11 is 0. The van der Waals surface area contributed by atoms with Crippen molar-refractivity contribution in [3.05, 3.63) is 130 Å². The molecule has 1 heterocycles. The lowest BCUT2D eigenvalue weighted by atomic mass is 9.55. The van der Waals surface area contributed by atoms with Crippen LogP contribution in [0, 0.1) is 11.8 Å². The fraction of sp³-hybridized carbons (Fsp3) is 0.216. The Kier molecular flexibility index (Phi) is 7.44. The van der Waals surface area contributed by atoms with Gasteiger partial charge in [-0.05, 0) is 64.7 Å². The van der Waals surface area contributed by atoms with Crippen molar-refractivity contribution in [3.63, 3.8) is 0 Å². The first-order valence-electron chi connectivity index (χ1n) is 15.0. The maximum Gasteiger partial charge on any atom is 0.343 e. The average molecular weight is 616 g/mol. The van der Waals surface area contributed by atoms with Crippen LogP contribution >= 0.6 is 0 Å². The van der Waals surface area contributed by atoms with Crippen LogP contribution in [-0.4, -0.2) is 54.7 Å². The number of benzene rings is 4. The Morgan fingerprint density at radius 1 is 0.674 bits per heavy atom. The zero-order valence-electron chi connectivity index (χ0n) is 24.9. The van der Waals surface area contributed by atoms with Crippen molar-refractivity contribution >= 4 is 29.5 Å². The van der Waals surface area contributed by atoms with Crippen molar-refractivity contribution in [1.29, 1.82) is 0 Å². The zero-order chi connectivity index (χ0) is 31.9. The predicted molar refractivity (Wildman–Crippen MR) is 165 cm³/mol. The molecule has 4 aromatic carbocycles. The van der Waals surface area contributed by atoms with Gasteiger partial charge in [0.1, 0.15) is 11.5 Å². The molecule has 9 nitrogen and oxygen atoms in total. The zero-order valence-corrected chi connectivity index (χ0v) is 24.9. The van der Waals surface area contributed by atoms with Crippen molar-refractivity contribution in [2.24, 2.45) is 11.8 Å². The minimum absolute atomic E-state index is 0.114. The van der Waals surface area contributed by atoms with Gasteiger partial charge in [-0.2, -0.15) is 0 Å². The minimum Gasteiger partial charge on any atom is -0.497 e. The summed E-state index contributed by atoms with van der Waals surface area (Å²) in [5.41, 5.74) is 4.89. The van der Waals surface area contributed by atoms with E-state index in [1.165, 1.54) is 36.3 Å². The number of carbonyl (C=O) groups excluding carboxylic acids is 5. The summed E-state index contributed by atoms with van der Waals surface area (Å²) in [6.07, 6.45) is -0.224. The van der Waals surface area contributed by atoms with Crippen molar-refractivity contribution in [3.8, 4) is 11.5 Å². The Morgan fingerprint density at radius 2 is 1.24 bits per heavy atom. The van der Waals surface area contributed by atoms with Crippen LogP contribution in [0.3, 0.4) is 0 Å². The molecule has 0 aromatic heterocycles. The molecular weight excluding hydrogens is 586 g/mol. The maximum atomic E-state index is 13.7. The van der Waals surface area contributed by atoms with Gasteiger partial charge in [-0.1, -0.05) is 54.6 Å². The number of rotatable bonds is 9. The quantitative estimate of drug-likeness (QED) is 0.113. The summed E-state index contributed by atoms with van der Waals surface area (Å²) < 4.78 is 15.7. The molecular formula is C37H29NO8. The minimum atomic E-state index is -0.692. The molecule has 2 unspecified atom stereocenters. The Balaban J connectivity index is 0.949. The van der Waals surface area contributed by atoms with Crippen LogP contribution < -0.4 is 9.47 Å². The number of imide groups is 1. The fourth-order valence-electron chi connectivity index (χ4n) is 7.09. The van der Waals surface area contributed by atoms with Crippen LogP contribution in [0.4, 0.5) is 0 Å². The van der Waals surface area contributed by atoms with Crippen molar-refractivity contribution in [2.75, 3.05) is 20.3 Å². The number of likely N-dealkylation sites (tertiary alicyclic amines) is 1. The number of carbonyl (C=O) groups is 5. The third-order valence-electron chi connectivity index (χ3n) is 9.14. The van der Waals surface area contributed by atoms with E-state index in [1.807, 2.05) is 48.5 Å². The molecule has 0 N–H and O–H groups in total. The first-order chi connectivity index (χ1) is 22.4. The number of esters is 2. The van der Waals surface area contributed by atoms with Gasteiger partial charge >= 0.3 is 11.9 Å². The molecule has 1 saturated heterocycles. The molecule has 3 aliphatic carbocycles. The molecule has 9 heteroatoms. The summed E-state index contributed by atoms with van der Waals surface area (Å²) in [6, 6.07) is 28.4. The second-order valence-electron chi connectivity index (χ2n) is 11.6. The van der Waals surface area contributed by atoms with E-state index in [0.29, 0.717) is 11.3 Å². The topological polar surface area (TPSA) is 116 Å². The maximum absolute atomic E-state index is 13.7. The van der Waals surface area contributed by atoms with Gasteiger partial charge in [-0.3, -0.25) is 24.1 Å². The SMILES string of the molecule is COc1cccc(C(=O)Oc2ccc(C(=O)COC(=O)CCN3C(=O)C4C5c6ccccc6C(c6ccccc65)C4C3=O)cc2)c1. The molecule has 8 rings (SSSR count). The van der Waals surface area contributed by atoms with Gasteiger partial charge in [0.2, 0.25) is 11.8 Å². The normalized spacial score (nSPS) is 20.4. The molecule has 2 atom stereocenters. The number of nitrogens with zero attached hydrogens (tertiary/aromatic N) is 1. The highest BCUT2D eigenvalue weighted by molar-refractivity contribution is 6.08. The van der Waals surface area contributed by atoms with Gasteiger partial charge in [-0.25, -0.2) is 4.79 Å². The Bertz CT molecular complexity index is 1780. The molecule has 4 aliphatic rings. The lowest BCUT2D eigenvalue weighted by molar-refractivity contribution is -0.145. The van der Waals surface area contributed by atoms with Crippen LogP contribution in [0.25, 0.3) is 0 Å². The van der Waals surface area contributed by atoms with E-state index in [2.05, 4.69) is 0 Å². The Morgan fingerprint density at radius 3 is 1.78 bits per heavy atom. The van der Waals surface area contributed by atoms with Crippen molar-refractivity contribution in [1.82, 2.24) is 4.90 Å². The van der Waals surface area contributed by atoms with Crippen molar-refractivity contribution in [2.45, 2.75) is 18.3 Å². The number of methoxy groups -OCH3 is 1. The molecule has 0 radical (unpaired) electrons. The Labute approximate surface area is 264 Å². The standard InChI is InChI=1S/C37H29NO8/c1-44-24-8-6-7-22(19-24)37(43)46-23-15-13-21(14-16-23)29(39)20-45-30(40)17-18-38-35(41)33-31-25-9-2-3-10-26(25)32(34(33)36(38)42)28-12-5-4-11-27(28)31/h2-16,19,31-34H,17-18,20H2,1H3. The highest BCUT2D eigenvalue weighted by atomic mass is 16.5. The van der Waals surface area contributed by atoms with Gasteiger partial charge in [0, 0.05) is 23.9 Å². The second kappa shape index (κ2) is 11.7. The van der Waals surface area contributed by atoms with Crippen LogP contribution in [0.2, 0.25) is 0 Å². The van der Waals surface area contributed by atoms with Gasteiger partial charge in [-0.15, -0.1) is 0 Å². The number of hydrogen-bond acceptors (Lipinski definition) is 8. The van der Waals surface area contributed by atoms with Gasteiger partial charge in [0.25, 0.3) is 0 Å². The highest BCUT2D eigenvalue weighted by Gasteiger charge is 2.61. The van der Waals surface area contributed by atoms with Crippen LogP contribution in [-0.2, 0) is 19.1 Å². The van der Waals surface area contributed by atoms with E-state index in [9.17, 15) is 24.0 Å². The summed E-state index contributed by atoms with van der Waals surface area (Å²) in [4.78, 5) is 66.3. The van der Waals surface area contributed by atoms with E-state index in [-0.39, 0.29) is 47.9 Å². The first-order valence-corrected chi connectivity index (χ1v) is 15.0. The summed E-state index contributed by atoms with van der Waals surface area (Å²) in [7, 11) is 1.50. The number of ether oxygens (including phenoxy) is 3. The second-order valence-corrected chi connectivity index (χ2v) is 11.6. The largest absolute Gasteiger partial charge is 0.497 e. The number of ketones is 1. The monoisotopic (exact) mass is 615 g/mol. The van der Waals surface area contributed by atoms with E-state index < -0.39 is 36.2 Å². The van der Waals surface area contributed by atoms with E-state index >= 15 is 0 Å². The van der Waals surface area contributed by atoms with E-state index in [4.69, 9.17) is 14.2 Å². The predicted octanol–water partition coefficient (Wildman–Crippen LogP) is 4.92. The molecule has 2 amide bonds. The van der Waals surface area contributed by atoms with Gasteiger partial charge in [0.05, 0.1) is 30.9 Å². The third-order valence-corrected chi connectivity index (χ3v) is 9.14. The lowest BCUT2D eigenvalue weighted by Gasteiger charge is -2.45. The number of hydrogen-bond donors (Lipinski definition) is 0.